The number of benzene rings is 3. The van der Waals surface area contributed by atoms with E-state index in [2.05, 4.69) is 12.1 Å². The molecule has 0 saturated carbocycles. The van der Waals surface area contributed by atoms with Crippen LogP contribution in [-0.4, -0.2) is 16.9 Å². The van der Waals surface area contributed by atoms with Crippen LogP contribution in [0.5, 0.6) is 0 Å². The minimum atomic E-state index is -0.429. The second-order valence-electron chi connectivity index (χ2n) is 6.52. The Bertz CT molecular complexity index is 849. The summed E-state index contributed by atoms with van der Waals surface area (Å²) in [5, 5.41) is 0. The zero-order chi connectivity index (χ0) is 17.8. The maximum Gasteiger partial charge on any atom is 0.255 e. The number of hydrogen-bond donors (Lipinski definition) is 0. The Morgan fingerprint density at radius 2 is 1.27 bits per heavy atom. The van der Waals surface area contributed by atoms with E-state index in [9.17, 15) is 4.79 Å². The average molecular weight is 343 g/mol. The third-order valence-corrected chi connectivity index (χ3v) is 4.76. The Balaban J connectivity index is 1.53. The molecule has 1 heterocycles. The van der Waals surface area contributed by atoms with Crippen molar-refractivity contribution in [3.8, 4) is 0 Å². The van der Waals surface area contributed by atoms with Crippen molar-refractivity contribution in [3.05, 3.63) is 108 Å². The molecule has 130 valence electrons. The van der Waals surface area contributed by atoms with E-state index in [1.807, 2.05) is 83.8 Å². The van der Waals surface area contributed by atoms with Gasteiger partial charge < -0.3 is 9.64 Å². The first kappa shape index (κ1) is 16.6. The van der Waals surface area contributed by atoms with Crippen LogP contribution in [0.25, 0.3) is 0 Å². The van der Waals surface area contributed by atoms with Crippen LogP contribution < -0.4 is 0 Å². The Morgan fingerprint density at radius 3 is 1.88 bits per heavy atom. The highest BCUT2D eigenvalue weighted by Gasteiger charge is 2.48. The summed E-state index contributed by atoms with van der Waals surface area (Å²) in [6, 6.07) is 30.1. The highest BCUT2D eigenvalue weighted by molar-refractivity contribution is 5.89. The maximum absolute atomic E-state index is 12.8. The van der Waals surface area contributed by atoms with Crippen molar-refractivity contribution in [1.82, 2.24) is 4.90 Å². The number of β-lactam (4-membered cyclic amide) rings is 1. The number of hydrogen-bond acceptors (Lipinski definition) is 2. The molecule has 0 spiro atoms. The Hall–Kier alpha value is -2.91. The van der Waals surface area contributed by atoms with Crippen LogP contribution in [0.2, 0.25) is 0 Å². The summed E-state index contributed by atoms with van der Waals surface area (Å²) < 4.78 is 6.02. The molecule has 0 aromatic heterocycles. The summed E-state index contributed by atoms with van der Waals surface area (Å²) in [7, 11) is 0. The van der Waals surface area contributed by atoms with Gasteiger partial charge in [-0.1, -0.05) is 91.0 Å². The van der Waals surface area contributed by atoms with Crippen molar-refractivity contribution in [2.45, 2.75) is 25.3 Å². The van der Waals surface area contributed by atoms with Crippen LogP contribution in [0, 0.1) is 0 Å². The van der Waals surface area contributed by atoms with Gasteiger partial charge in [0.15, 0.2) is 6.10 Å². The number of carbonyl (C=O) groups excluding carboxylic acids is 1. The second kappa shape index (κ2) is 7.54. The first-order valence-corrected chi connectivity index (χ1v) is 8.88. The largest absolute Gasteiger partial charge is 0.361 e. The van der Waals surface area contributed by atoms with Crippen molar-refractivity contribution < 1.29 is 9.53 Å². The monoisotopic (exact) mass is 343 g/mol. The van der Waals surface area contributed by atoms with Gasteiger partial charge in [0.25, 0.3) is 5.91 Å². The fourth-order valence-corrected chi connectivity index (χ4v) is 3.40. The average Bonchev–Trinajstić information content (AvgIpc) is 2.71. The summed E-state index contributed by atoms with van der Waals surface area (Å²) in [5.41, 5.74) is 3.32. The predicted octanol–water partition coefficient (Wildman–Crippen LogP) is 4.36. The van der Waals surface area contributed by atoms with Gasteiger partial charge in [0.1, 0.15) is 0 Å². The van der Waals surface area contributed by atoms with Crippen molar-refractivity contribution in [3.63, 3.8) is 0 Å². The highest BCUT2D eigenvalue weighted by atomic mass is 16.5. The van der Waals surface area contributed by atoms with E-state index in [-0.39, 0.29) is 11.9 Å². The van der Waals surface area contributed by atoms with E-state index in [0.29, 0.717) is 13.2 Å². The van der Waals surface area contributed by atoms with E-state index in [0.717, 1.165) is 16.7 Å². The third-order valence-electron chi connectivity index (χ3n) is 4.76. The smallest absolute Gasteiger partial charge is 0.255 e. The van der Waals surface area contributed by atoms with E-state index in [1.165, 1.54) is 0 Å². The molecule has 2 atom stereocenters. The molecule has 0 N–H and O–H groups in total. The van der Waals surface area contributed by atoms with Crippen molar-refractivity contribution in [2.24, 2.45) is 0 Å². The lowest BCUT2D eigenvalue weighted by Crippen LogP contribution is -2.59. The predicted molar refractivity (Wildman–Crippen MR) is 101 cm³/mol. The molecule has 1 fully saturated rings. The zero-order valence-corrected chi connectivity index (χ0v) is 14.5. The van der Waals surface area contributed by atoms with Gasteiger partial charge in [0, 0.05) is 6.54 Å². The zero-order valence-electron chi connectivity index (χ0n) is 14.5. The van der Waals surface area contributed by atoms with E-state index in [1.54, 1.807) is 0 Å². The molecule has 1 saturated heterocycles. The van der Waals surface area contributed by atoms with Gasteiger partial charge in [0.05, 0.1) is 12.6 Å². The molecular weight excluding hydrogens is 322 g/mol. The molecule has 3 aromatic carbocycles. The highest BCUT2D eigenvalue weighted by Crippen LogP contribution is 2.38. The number of rotatable bonds is 6. The van der Waals surface area contributed by atoms with Gasteiger partial charge in [0.2, 0.25) is 0 Å². The lowest BCUT2D eigenvalue weighted by atomic mass is 9.90. The summed E-state index contributed by atoms with van der Waals surface area (Å²) in [6.07, 6.45) is -0.429. The van der Waals surface area contributed by atoms with Gasteiger partial charge in [-0.25, -0.2) is 0 Å². The minimum absolute atomic E-state index is 0.0485. The molecule has 0 radical (unpaired) electrons. The summed E-state index contributed by atoms with van der Waals surface area (Å²) in [4.78, 5) is 14.7. The number of nitrogens with zero attached hydrogens (tertiary/aromatic N) is 1. The van der Waals surface area contributed by atoms with Gasteiger partial charge >= 0.3 is 0 Å². The third kappa shape index (κ3) is 3.39. The van der Waals surface area contributed by atoms with Crippen molar-refractivity contribution in [2.75, 3.05) is 0 Å². The minimum Gasteiger partial charge on any atom is -0.361 e. The second-order valence-corrected chi connectivity index (χ2v) is 6.52. The summed E-state index contributed by atoms with van der Waals surface area (Å²) in [5.74, 6) is 0.0543. The van der Waals surface area contributed by atoms with Gasteiger partial charge in [-0.3, -0.25) is 4.79 Å². The first-order chi connectivity index (χ1) is 12.8. The quantitative estimate of drug-likeness (QED) is 0.623. The molecule has 1 amide bonds. The SMILES string of the molecule is O=C1C(OCc2ccccc2)C(c2ccccc2)N1Cc1ccccc1. The van der Waals surface area contributed by atoms with Crippen LogP contribution in [0.4, 0.5) is 0 Å². The molecule has 3 heteroatoms. The Morgan fingerprint density at radius 1 is 0.731 bits per heavy atom. The van der Waals surface area contributed by atoms with E-state index < -0.39 is 6.10 Å². The van der Waals surface area contributed by atoms with Crippen LogP contribution in [-0.2, 0) is 22.7 Å². The first-order valence-electron chi connectivity index (χ1n) is 8.88. The molecular formula is C23H21NO2. The normalized spacial score (nSPS) is 19.2. The number of ether oxygens (including phenoxy) is 1. The van der Waals surface area contributed by atoms with Crippen molar-refractivity contribution in [1.29, 1.82) is 0 Å². The molecule has 1 aliphatic heterocycles. The van der Waals surface area contributed by atoms with Crippen LogP contribution in [0.1, 0.15) is 22.7 Å². The van der Waals surface area contributed by atoms with Crippen LogP contribution >= 0.6 is 0 Å². The Labute approximate surface area is 153 Å². The number of likely N-dealkylation sites (tertiary alicyclic amines) is 1. The fourth-order valence-electron chi connectivity index (χ4n) is 3.40. The summed E-state index contributed by atoms with van der Waals surface area (Å²) in [6.45, 7) is 1.05. The molecule has 2 unspecified atom stereocenters. The Kier molecular flexibility index (Phi) is 4.80. The van der Waals surface area contributed by atoms with E-state index in [4.69, 9.17) is 4.74 Å². The number of carbonyl (C=O) groups is 1. The van der Waals surface area contributed by atoms with E-state index >= 15 is 0 Å². The summed E-state index contributed by atoms with van der Waals surface area (Å²) >= 11 is 0. The van der Waals surface area contributed by atoms with Gasteiger partial charge in [-0.15, -0.1) is 0 Å². The molecule has 4 rings (SSSR count). The van der Waals surface area contributed by atoms with Crippen LogP contribution in [0.3, 0.4) is 0 Å². The molecule has 3 nitrogen and oxygen atoms in total. The van der Waals surface area contributed by atoms with Gasteiger partial charge in [-0.05, 0) is 16.7 Å². The van der Waals surface area contributed by atoms with Gasteiger partial charge in [-0.2, -0.15) is 0 Å². The lowest BCUT2D eigenvalue weighted by molar-refractivity contribution is -0.178. The molecule has 1 aliphatic rings. The van der Waals surface area contributed by atoms with Crippen molar-refractivity contribution >= 4 is 5.91 Å². The maximum atomic E-state index is 12.8. The molecule has 0 bridgehead atoms. The van der Waals surface area contributed by atoms with Crippen LogP contribution in [0.15, 0.2) is 91.0 Å². The molecule has 0 aliphatic carbocycles. The molecule has 3 aromatic rings. The topological polar surface area (TPSA) is 29.5 Å². The lowest BCUT2D eigenvalue weighted by Gasteiger charge is -2.47. The standard InChI is InChI=1S/C23H21NO2/c25-23-22(26-17-19-12-6-2-7-13-19)21(20-14-8-3-9-15-20)24(23)16-18-10-4-1-5-11-18/h1-15,21-22H,16-17H2. The fraction of sp³-hybridized carbons (Fsp3) is 0.174. The molecule has 26 heavy (non-hydrogen) atoms. The number of amides is 1.